The lowest BCUT2D eigenvalue weighted by Gasteiger charge is -2.11. The van der Waals surface area contributed by atoms with Crippen LogP contribution < -0.4 is 0 Å². The molecule has 0 saturated carbocycles. The number of hydrogen-bond donors (Lipinski definition) is 0. The Kier molecular flexibility index (Phi) is 3.86. The van der Waals surface area contributed by atoms with Crippen LogP contribution in [0.2, 0.25) is 4.34 Å². The summed E-state index contributed by atoms with van der Waals surface area (Å²) in [6.07, 6.45) is 1.36. The second-order valence-corrected chi connectivity index (χ2v) is 5.21. The van der Waals surface area contributed by atoms with Crippen LogP contribution in [0.4, 0.5) is 13.2 Å². The van der Waals surface area contributed by atoms with Crippen LogP contribution in [0.1, 0.15) is 0 Å². The van der Waals surface area contributed by atoms with Gasteiger partial charge in [-0.1, -0.05) is 41.3 Å². The Bertz CT molecular complexity index is 339. The van der Waals surface area contributed by atoms with E-state index in [9.17, 15) is 13.2 Å². The molecule has 0 amide bonds. The first kappa shape index (κ1) is 11.9. The summed E-state index contributed by atoms with van der Waals surface area (Å²) in [5.41, 5.74) is 0. The third-order valence-electron chi connectivity index (χ3n) is 1.23. The number of halogens is 4. The van der Waals surface area contributed by atoms with Crippen LogP contribution >= 0.6 is 34.7 Å². The Morgan fingerprint density at radius 2 is 2.36 bits per heavy atom. The molecule has 0 atom stereocenters. The SMILES string of the molecule is C=C(F)C(F)(F)CSc1ncc(Cl)s1. The maximum Gasteiger partial charge on any atom is 0.307 e. The molecule has 0 N–H and O–H groups in total. The summed E-state index contributed by atoms with van der Waals surface area (Å²) in [5, 5.41) is 0. The molecule has 1 aromatic heterocycles. The quantitative estimate of drug-likeness (QED) is 0.758. The summed E-state index contributed by atoms with van der Waals surface area (Å²) in [7, 11) is 0. The van der Waals surface area contributed by atoms with Crippen LogP contribution in [0.5, 0.6) is 0 Å². The average molecular weight is 260 g/mol. The third-order valence-corrected chi connectivity index (χ3v) is 3.60. The van der Waals surface area contributed by atoms with E-state index in [1.807, 2.05) is 0 Å². The molecule has 1 nitrogen and oxygen atoms in total. The molecular weight excluding hydrogens is 255 g/mol. The van der Waals surface area contributed by atoms with Gasteiger partial charge in [-0.25, -0.2) is 9.37 Å². The van der Waals surface area contributed by atoms with Gasteiger partial charge in [0.2, 0.25) is 0 Å². The Morgan fingerprint density at radius 3 is 2.79 bits per heavy atom. The van der Waals surface area contributed by atoms with Crippen LogP contribution in [0.25, 0.3) is 0 Å². The molecular formula is C7H5ClF3NS2. The number of nitrogens with zero attached hydrogens (tertiary/aromatic N) is 1. The van der Waals surface area contributed by atoms with E-state index in [0.29, 0.717) is 8.68 Å². The van der Waals surface area contributed by atoms with Crippen molar-refractivity contribution in [2.75, 3.05) is 5.75 Å². The lowest BCUT2D eigenvalue weighted by molar-refractivity contribution is 0.0448. The summed E-state index contributed by atoms with van der Waals surface area (Å²) < 4.78 is 38.4. The first-order valence-electron chi connectivity index (χ1n) is 3.38. The van der Waals surface area contributed by atoms with Crippen molar-refractivity contribution in [2.24, 2.45) is 0 Å². The molecule has 0 aromatic carbocycles. The maximum absolute atomic E-state index is 12.7. The van der Waals surface area contributed by atoms with E-state index in [0.717, 1.165) is 23.1 Å². The fourth-order valence-corrected chi connectivity index (χ4v) is 2.59. The number of thioether (sulfide) groups is 1. The minimum absolute atomic E-state index is 0.385. The van der Waals surface area contributed by atoms with Crippen molar-refractivity contribution in [3.63, 3.8) is 0 Å². The van der Waals surface area contributed by atoms with Crippen LogP contribution in [0.3, 0.4) is 0 Å². The van der Waals surface area contributed by atoms with Gasteiger partial charge in [-0.2, -0.15) is 8.78 Å². The molecule has 0 spiro atoms. The molecule has 0 aliphatic carbocycles. The molecule has 0 radical (unpaired) electrons. The Labute approximate surface area is 92.0 Å². The summed E-state index contributed by atoms with van der Waals surface area (Å²) >= 11 is 7.36. The Morgan fingerprint density at radius 1 is 1.71 bits per heavy atom. The fourth-order valence-electron chi connectivity index (χ4n) is 0.537. The van der Waals surface area contributed by atoms with Gasteiger partial charge in [0.05, 0.1) is 11.9 Å². The molecule has 0 unspecified atom stereocenters. The van der Waals surface area contributed by atoms with E-state index in [1.165, 1.54) is 6.20 Å². The van der Waals surface area contributed by atoms with Crippen molar-refractivity contribution in [3.8, 4) is 0 Å². The predicted octanol–water partition coefficient (Wildman–Crippen LogP) is 4.01. The second-order valence-electron chi connectivity index (χ2n) is 2.33. The minimum atomic E-state index is -3.51. The highest BCUT2D eigenvalue weighted by Crippen LogP contribution is 2.34. The Balaban J connectivity index is 2.52. The van der Waals surface area contributed by atoms with Gasteiger partial charge in [0.1, 0.15) is 4.34 Å². The van der Waals surface area contributed by atoms with Crippen LogP contribution in [0.15, 0.2) is 22.9 Å². The van der Waals surface area contributed by atoms with Crippen molar-refractivity contribution in [2.45, 2.75) is 10.3 Å². The topological polar surface area (TPSA) is 12.9 Å². The number of alkyl halides is 2. The van der Waals surface area contributed by atoms with E-state index in [-0.39, 0.29) is 0 Å². The van der Waals surface area contributed by atoms with Gasteiger partial charge in [0, 0.05) is 0 Å². The molecule has 78 valence electrons. The van der Waals surface area contributed by atoms with E-state index in [2.05, 4.69) is 11.6 Å². The number of rotatable bonds is 4. The first-order valence-corrected chi connectivity index (χ1v) is 5.56. The fraction of sp³-hybridized carbons (Fsp3) is 0.286. The van der Waals surface area contributed by atoms with Crippen molar-refractivity contribution >= 4 is 34.7 Å². The molecule has 1 aromatic rings. The predicted molar refractivity (Wildman–Crippen MR) is 53.0 cm³/mol. The summed E-state index contributed by atoms with van der Waals surface area (Å²) in [6, 6.07) is 0. The second kappa shape index (κ2) is 4.55. The molecule has 14 heavy (non-hydrogen) atoms. The van der Waals surface area contributed by atoms with Crippen molar-refractivity contribution < 1.29 is 13.2 Å². The normalized spacial score (nSPS) is 11.7. The first-order chi connectivity index (χ1) is 6.42. The maximum atomic E-state index is 12.7. The van der Waals surface area contributed by atoms with E-state index >= 15 is 0 Å². The Hall–Kier alpha value is -0.200. The summed E-state index contributed by atoms with van der Waals surface area (Å²) in [6.45, 7) is 2.57. The van der Waals surface area contributed by atoms with Gasteiger partial charge in [-0.3, -0.25) is 0 Å². The molecule has 1 heterocycles. The van der Waals surface area contributed by atoms with E-state index in [4.69, 9.17) is 11.6 Å². The minimum Gasteiger partial charge on any atom is -0.237 e. The number of allylic oxidation sites excluding steroid dienone is 1. The number of hydrogen-bond acceptors (Lipinski definition) is 3. The largest absolute Gasteiger partial charge is 0.307 e. The lowest BCUT2D eigenvalue weighted by Crippen LogP contribution is -2.19. The molecule has 7 heteroatoms. The lowest BCUT2D eigenvalue weighted by atomic mass is 10.4. The zero-order valence-corrected chi connectivity index (χ0v) is 9.16. The highest BCUT2D eigenvalue weighted by Gasteiger charge is 2.34. The summed E-state index contributed by atoms with van der Waals surface area (Å²) in [4.78, 5) is 3.74. The molecule has 1 rings (SSSR count). The average Bonchev–Trinajstić information content (AvgIpc) is 2.48. The molecule has 0 saturated heterocycles. The third kappa shape index (κ3) is 3.18. The number of thiazole rings is 1. The van der Waals surface area contributed by atoms with Crippen LogP contribution in [-0.4, -0.2) is 16.7 Å². The molecule has 0 bridgehead atoms. The van der Waals surface area contributed by atoms with Gasteiger partial charge in [-0.05, 0) is 0 Å². The van der Waals surface area contributed by atoms with Crippen molar-refractivity contribution in [1.29, 1.82) is 0 Å². The van der Waals surface area contributed by atoms with Crippen molar-refractivity contribution in [3.05, 3.63) is 22.9 Å². The standard InChI is InChI=1S/C7H5ClF3NS2/c1-4(9)7(10,11)3-13-6-12-2-5(8)14-6/h2H,1,3H2. The smallest absolute Gasteiger partial charge is 0.237 e. The zero-order valence-electron chi connectivity index (χ0n) is 6.77. The summed E-state index contributed by atoms with van der Waals surface area (Å²) in [5.74, 6) is -5.86. The zero-order chi connectivity index (χ0) is 10.8. The van der Waals surface area contributed by atoms with E-state index in [1.54, 1.807) is 0 Å². The molecule has 0 aliphatic heterocycles. The van der Waals surface area contributed by atoms with Crippen LogP contribution in [-0.2, 0) is 0 Å². The van der Waals surface area contributed by atoms with Gasteiger partial charge in [-0.15, -0.1) is 0 Å². The molecule has 0 fully saturated rings. The monoisotopic (exact) mass is 259 g/mol. The molecule has 0 aliphatic rings. The highest BCUT2D eigenvalue weighted by atomic mass is 35.5. The van der Waals surface area contributed by atoms with Crippen LogP contribution in [0, 0.1) is 0 Å². The van der Waals surface area contributed by atoms with Gasteiger partial charge < -0.3 is 0 Å². The van der Waals surface area contributed by atoms with Gasteiger partial charge in [0.15, 0.2) is 10.2 Å². The van der Waals surface area contributed by atoms with E-state index < -0.39 is 17.5 Å². The van der Waals surface area contributed by atoms with Gasteiger partial charge in [0.25, 0.3) is 0 Å². The number of aromatic nitrogens is 1. The van der Waals surface area contributed by atoms with Crippen molar-refractivity contribution in [1.82, 2.24) is 4.98 Å². The highest BCUT2D eigenvalue weighted by molar-refractivity contribution is 8.01. The van der Waals surface area contributed by atoms with Gasteiger partial charge >= 0.3 is 5.92 Å².